The van der Waals surface area contributed by atoms with Crippen molar-refractivity contribution in [1.29, 1.82) is 0 Å². The van der Waals surface area contributed by atoms with Gasteiger partial charge in [-0.1, -0.05) is 12.1 Å². The quantitative estimate of drug-likeness (QED) is 0.668. The smallest absolute Gasteiger partial charge is 0.191 e. The molecule has 1 aromatic heterocycles. The van der Waals surface area contributed by atoms with Crippen LogP contribution < -0.4 is 10.6 Å². The van der Waals surface area contributed by atoms with Crippen LogP contribution >= 0.6 is 0 Å². The minimum Gasteiger partial charge on any atom is -0.354 e. The van der Waals surface area contributed by atoms with Crippen molar-refractivity contribution in [3.8, 4) is 0 Å². The van der Waals surface area contributed by atoms with Gasteiger partial charge in [-0.15, -0.1) is 0 Å². The first kappa shape index (κ1) is 12.7. The van der Waals surface area contributed by atoms with Crippen molar-refractivity contribution in [2.24, 2.45) is 4.99 Å². The number of fused-ring (bicyclic) bond motifs is 1. The van der Waals surface area contributed by atoms with Crippen molar-refractivity contribution in [3.05, 3.63) is 30.1 Å². The number of imidazole rings is 1. The van der Waals surface area contributed by atoms with E-state index in [-0.39, 0.29) is 0 Å². The van der Waals surface area contributed by atoms with E-state index >= 15 is 0 Å². The van der Waals surface area contributed by atoms with Gasteiger partial charge >= 0.3 is 0 Å². The van der Waals surface area contributed by atoms with Crippen LogP contribution in [0, 0.1) is 0 Å². The molecule has 2 aromatic rings. The fraction of sp³-hybridized carbons (Fsp3) is 0.500. The maximum absolute atomic E-state index is 4.79. The molecule has 0 spiro atoms. The molecule has 0 bridgehead atoms. The molecule has 2 N–H and O–H groups in total. The predicted molar refractivity (Wildman–Crippen MR) is 84.4 cm³/mol. The lowest BCUT2D eigenvalue weighted by atomic mass is 10.3. The predicted octanol–water partition coefficient (Wildman–Crippen LogP) is 2.20. The number of guanidine groups is 1. The molecule has 4 rings (SSSR count). The van der Waals surface area contributed by atoms with E-state index < -0.39 is 0 Å². The van der Waals surface area contributed by atoms with Crippen LogP contribution in [-0.4, -0.2) is 28.6 Å². The summed E-state index contributed by atoms with van der Waals surface area (Å²) in [6.45, 7) is 0.720. The lowest BCUT2D eigenvalue weighted by molar-refractivity contribution is 0.672. The molecule has 0 amide bonds. The second-order valence-electron chi connectivity index (χ2n) is 5.96. The first-order valence-electron chi connectivity index (χ1n) is 7.78. The van der Waals surface area contributed by atoms with Gasteiger partial charge in [0.05, 0.1) is 17.6 Å². The van der Waals surface area contributed by atoms with Gasteiger partial charge in [0.25, 0.3) is 0 Å². The Hall–Kier alpha value is -2.04. The molecule has 0 unspecified atom stereocenters. The molecule has 0 radical (unpaired) electrons. The Morgan fingerprint density at radius 1 is 1.29 bits per heavy atom. The Kier molecular flexibility index (Phi) is 3.05. The van der Waals surface area contributed by atoms with Crippen LogP contribution in [0.2, 0.25) is 0 Å². The third kappa shape index (κ3) is 2.60. The molecule has 2 aliphatic carbocycles. The molecule has 5 nitrogen and oxygen atoms in total. The van der Waals surface area contributed by atoms with Gasteiger partial charge in [-0.2, -0.15) is 0 Å². The molecule has 21 heavy (non-hydrogen) atoms. The molecule has 5 heteroatoms. The summed E-state index contributed by atoms with van der Waals surface area (Å²) in [5.74, 6) is 1.99. The van der Waals surface area contributed by atoms with E-state index in [2.05, 4.69) is 44.5 Å². The zero-order valence-electron chi connectivity index (χ0n) is 12.3. The van der Waals surface area contributed by atoms with Crippen LogP contribution in [0.1, 0.15) is 37.5 Å². The summed E-state index contributed by atoms with van der Waals surface area (Å²) in [6, 6.07) is 9.65. The molecule has 110 valence electrons. The Labute approximate surface area is 124 Å². The molecule has 0 saturated heterocycles. The molecule has 2 aliphatic rings. The number of benzene rings is 1. The minimum atomic E-state index is 0.610. The number of hydrogen-bond donors (Lipinski definition) is 2. The number of hydrogen-bond acceptors (Lipinski definition) is 2. The Morgan fingerprint density at radius 3 is 2.81 bits per heavy atom. The second kappa shape index (κ2) is 5.06. The van der Waals surface area contributed by atoms with Gasteiger partial charge in [0.1, 0.15) is 5.82 Å². The van der Waals surface area contributed by atoms with Crippen molar-refractivity contribution in [1.82, 2.24) is 20.2 Å². The number of nitrogens with one attached hydrogen (secondary N) is 2. The fourth-order valence-corrected chi connectivity index (χ4v) is 2.74. The summed E-state index contributed by atoms with van der Waals surface area (Å²) in [4.78, 5) is 9.08. The number of para-hydroxylation sites is 2. The largest absolute Gasteiger partial charge is 0.354 e. The lowest BCUT2D eigenvalue weighted by Crippen LogP contribution is -2.38. The summed E-state index contributed by atoms with van der Waals surface area (Å²) >= 11 is 0. The van der Waals surface area contributed by atoms with Crippen molar-refractivity contribution in [2.45, 2.75) is 44.3 Å². The number of rotatable bonds is 4. The van der Waals surface area contributed by atoms with Gasteiger partial charge in [-0.3, -0.25) is 4.99 Å². The van der Waals surface area contributed by atoms with Crippen molar-refractivity contribution >= 4 is 17.0 Å². The van der Waals surface area contributed by atoms with Gasteiger partial charge in [-0.25, -0.2) is 4.98 Å². The third-order valence-electron chi connectivity index (χ3n) is 4.14. The summed E-state index contributed by atoms with van der Waals surface area (Å²) in [7, 11) is 1.82. The maximum atomic E-state index is 4.79. The van der Waals surface area contributed by atoms with Gasteiger partial charge in [0, 0.05) is 19.1 Å². The van der Waals surface area contributed by atoms with E-state index in [1.165, 1.54) is 31.2 Å². The average molecular weight is 283 g/mol. The average Bonchev–Trinajstić information content (AvgIpc) is 3.42. The summed E-state index contributed by atoms with van der Waals surface area (Å²) in [5, 5.41) is 6.81. The highest BCUT2D eigenvalue weighted by Gasteiger charge is 2.28. The number of aliphatic imine (C=N–C) groups is 1. The Morgan fingerprint density at radius 2 is 2.10 bits per heavy atom. The van der Waals surface area contributed by atoms with E-state index in [1.54, 1.807) is 0 Å². The molecule has 1 aromatic carbocycles. The van der Waals surface area contributed by atoms with Gasteiger partial charge in [0.2, 0.25) is 0 Å². The maximum Gasteiger partial charge on any atom is 0.191 e. The van der Waals surface area contributed by atoms with Crippen molar-refractivity contribution in [2.75, 3.05) is 7.05 Å². The number of aromatic nitrogens is 2. The summed E-state index contributed by atoms with van der Waals surface area (Å²) < 4.78 is 2.40. The molecular weight excluding hydrogens is 262 g/mol. The van der Waals surface area contributed by atoms with Crippen molar-refractivity contribution < 1.29 is 0 Å². The van der Waals surface area contributed by atoms with Crippen LogP contribution in [0.25, 0.3) is 11.0 Å². The highest BCUT2D eigenvalue weighted by molar-refractivity contribution is 5.80. The van der Waals surface area contributed by atoms with Gasteiger partial charge < -0.3 is 15.2 Å². The van der Waals surface area contributed by atoms with E-state index in [1.807, 2.05) is 7.05 Å². The second-order valence-corrected chi connectivity index (χ2v) is 5.96. The van der Waals surface area contributed by atoms with E-state index in [0.29, 0.717) is 12.1 Å². The van der Waals surface area contributed by atoms with E-state index in [9.17, 15) is 0 Å². The summed E-state index contributed by atoms with van der Waals surface area (Å²) in [5.41, 5.74) is 2.34. The van der Waals surface area contributed by atoms with Crippen LogP contribution in [0.4, 0.5) is 0 Å². The highest BCUT2D eigenvalue weighted by atomic mass is 15.2. The van der Waals surface area contributed by atoms with Crippen LogP contribution in [-0.2, 0) is 6.54 Å². The zero-order valence-corrected chi connectivity index (χ0v) is 12.3. The topological polar surface area (TPSA) is 54.2 Å². The number of nitrogens with zero attached hydrogens (tertiary/aromatic N) is 3. The Bertz CT molecular complexity index is 679. The molecule has 0 atom stereocenters. The SMILES string of the molecule is CN=C(NCc1nc2ccccc2n1C1CC1)NC1CC1. The fourth-order valence-electron chi connectivity index (χ4n) is 2.74. The summed E-state index contributed by atoms with van der Waals surface area (Å²) in [6.07, 6.45) is 5.04. The molecule has 2 fully saturated rings. The van der Waals surface area contributed by atoms with E-state index in [0.717, 1.165) is 23.8 Å². The Balaban J connectivity index is 1.56. The lowest BCUT2D eigenvalue weighted by Gasteiger charge is -2.12. The molecule has 0 aliphatic heterocycles. The first-order chi connectivity index (χ1) is 10.3. The van der Waals surface area contributed by atoms with Crippen LogP contribution in [0.5, 0.6) is 0 Å². The standard InChI is InChI=1S/C16H21N5/c1-17-16(19-11-6-7-11)18-10-15-20-13-4-2-3-5-14(13)21(15)12-8-9-12/h2-5,11-12H,6-10H2,1H3,(H2,17,18,19). The normalized spacial score (nSPS) is 19.0. The van der Waals surface area contributed by atoms with Crippen LogP contribution in [0.3, 0.4) is 0 Å². The molecule has 1 heterocycles. The zero-order chi connectivity index (χ0) is 14.2. The van der Waals surface area contributed by atoms with Gasteiger partial charge in [0.15, 0.2) is 5.96 Å². The minimum absolute atomic E-state index is 0.610. The highest BCUT2D eigenvalue weighted by Crippen LogP contribution is 2.38. The van der Waals surface area contributed by atoms with Gasteiger partial charge in [-0.05, 0) is 37.8 Å². The molecular formula is C16H21N5. The third-order valence-corrected chi connectivity index (χ3v) is 4.14. The van der Waals surface area contributed by atoms with Crippen LogP contribution in [0.15, 0.2) is 29.3 Å². The first-order valence-corrected chi connectivity index (χ1v) is 7.78. The molecule has 2 saturated carbocycles. The van der Waals surface area contributed by atoms with Crippen molar-refractivity contribution in [3.63, 3.8) is 0 Å². The van der Waals surface area contributed by atoms with E-state index in [4.69, 9.17) is 4.98 Å². The monoisotopic (exact) mass is 283 g/mol.